The third-order valence-corrected chi connectivity index (χ3v) is 3.47. The average Bonchev–Trinajstić information content (AvgIpc) is 2.26. The van der Waals surface area contributed by atoms with Gasteiger partial charge < -0.3 is 10.6 Å². The van der Waals surface area contributed by atoms with Crippen LogP contribution in [0.3, 0.4) is 0 Å². The standard InChI is InChI=1S/C14H29N3O.ClH/c1-11(13(18)16-14(2,3)4)17-8-6-7-12(10-17)9-15-5;/h11-12,15H,6-10H2,1-5H3,(H,16,18);1H. The topological polar surface area (TPSA) is 44.4 Å². The fraction of sp³-hybridized carbons (Fsp3) is 0.929. The second-order valence-corrected chi connectivity index (χ2v) is 6.48. The number of halogens is 1. The molecule has 1 saturated heterocycles. The first-order valence-corrected chi connectivity index (χ1v) is 7.04. The molecule has 1 heterocycles. The number of likely N-dealkylation sites (tertiary alicyclic amines) is 1. The molecule has 0 radical (unpaired) electrons. The molecular formula is C14H30ClN3O. The number of carbonyl (C=O) groups excluding carboxylic acids is 1. The molecule has 0 bridgehead atoms. The van der Waals surface area contributed by atoms with Crippen LogP contribution in [0.2, 0.25) is 0 Å². The normalized spacial score (nSPS) is 22.5. The molecule has 1 rings (SSSR count). The molecule has 0 aromatic heterocycles. The van der Waals surface area contributed by atoms with Crippen LogP contribution >= 0.6 is 12.4 Å². The zero-order valence-corrected chi connectivity index (χ0v) is 13.8. The summed E-state index contributed by atoms with van der Waals surface area (Å²) in [6, 6.07) is -0.0242. The molecule has 2 atom stereocenters. The first kappa shape index (κ1) is 18.7. The number of nitrogens with one attached hydrogen (secondary N) is 2. The van der Waals surface area contributed by atoms with Gasteiger partial charge >= 0.3 is 0 Å². The third kappa shape index (κ3) is 6.59. The van der Waals surface area contributed by atoms with Crippen LogP contribution in [0.4, 0.5) is 0 Å². The quantitative estimate of drug-likeness (QED) is 0.828. The van der Waals surface area contributed by atoms with Crippen LogP contribution in [0.5, 0.6) is 0 Å². The van der Waals surface area contributed by atoms with Crippen LogP contribution in [-0.2, 0) is 4.79 Å². The number of carbonyl (C=O) groups is 1. The summed E-state index contributed by atoms with van der Waals surface area (Å²) < 4.78 is 0. The molecule has 2 N–H and O–H groups in total. The average molecular weight is 292 g/mol. The Labute approximate surface area is 124 Å². The predicted octanol–water partition coefficient (Wildman–Crippen LogP) is 1.64. The molecule has 114 valence electrons. The molecule has 0 aromatic carbocycles. The molecule has 0 spiro atoms. The molecule has 19 heavy (non-hydrogen) atoms. The highest BCUT2D eigenvalue weighted by molar-refractivity contribution is 5.85. The summed E-state index contributed by atoms with van der Waals surface area (Å²) in [5, 5.41) is 6.30. The molecule has 1 aliphatic heterocycles. The lowest BCUT2D eigenvalue weighted by Gasteiger charge is -2.37. The second-order valence-electron chi connectivity index (χ2n) is 6.48. The van der Waals surface area contributed by atoms with Gasteiger partial charge in [-0.3, -0.25) is 9.69 Å². The van der Waals surface area contributed by atoms with Gasteiger partial charge in [-0.25, -0.2) is 0 Å². The van der Waals surface area contributed by atoms with E-state index in [1.807, 2.05) is 34.7 Å². The highest BCUT2D eigenvalue weighted by Crippen LogP contribution is 2.18. The smallest absolute Gasteiger partial charge is 0.237 e. The lowest BCUT2D eigenvalue weighted by molar-refractivity contribution is -0.128. The van der Waals surface area contributed by atoms with Crippen molar-refractivity contribution in [3.8, 4) is 0 Å². The van der Waals surface area contributed by atoms with E-state index in [1.54, 1.807) is 0 Å². The van der Waals surface area contributed by atoms with Gasteiger partial charge in [-0.1, -0.05) is 0 Å². The predicted molar refractivity (Wildman–Crippen MR) is 82.8 cm³/mol. The van der Waals surface area contributed by atoms with Crippen molar-refractivity contribution in [2.24, 2.45) is 5.92 Å². The van der Waals surface area contributed by atoms with Crippen molar-refractivity contribution in [1.82, 2.24) is 15.5 Å². The van der Waals surface area contributed by atoms with Crippen LogP contribution in [0.25, 0.3) is 0 Å². The van der Waals surface area contributed by atoms with E-state index in [4.69, 9.17) is 0 Å². The Balaban J connectivity index is 0.00000324. The summed E-state index contributed by atoms with van der Waals surface area (Å²) in [6.45, 7) is 11.2. The maximum Gasteiger partial charge on any atom is 0.237 e. The molecule has 4 nitrogen and oxygen atoms in total. The van der Waals surface area contributed by atoms with E-state index in [-0.39, 0.29) is 29.9 Å². The Bertz CT molecular complexity index is 276. The summed E-state index contributed by atoms with van der Waals surface area (Å²) in [6.07, 6.45) is 2.46. The van der Waals surface area contributed by atoms with E-state index in [1.165, 1.54) is 12.8 Å². The summed E-state index contributed by atoms with van der Waals surface area (Å²) in [5.41, 5.74) is -0.147. The van der Waals surface area contributed by atoms with Crippen molar-refractivity contribution in [3.63, 3.8) is 0 Å². The first-order chi connectivity index (χ1) is 8.33. The number of hydrogen-bond donors (Lipinski definition) is 2. The lowest BCUT2D eigenvalue weighted by Crippen LogP contribution is -2.53. The fourth-order valence-electron chi connectivity index (χ4n) is 2.54. The molecule has 5 heteroatoms. The zero-order valence-electron chi connectivity index (χ0n) is 13.0. The van der Waals surface area contributed by atoms with Gasteiger partial charge in [-0.2, -0.15) is 0 Å². The van der Waals surface area contributed by atoms with Crippen LogP contribution in [0.1, 0.15) is 40.5 Å². The largest absolute Gasteiger partial charge is 0.350 e. The second kappa shape index (κ2) is 8.08. The number of rotatable bonds is 4. The fourth-order valence-corrected chi connectivity index (χ4v) is 2.54. The van der Waals surface area contributed by atoms with Gasteiger partial charge in [0.15, 0.2) is 0 Å². The minimum Gasteiger partial charge on any atom is -0.350 e. The van der Waals surface area contributed by atoms with Crippen molar-refractivity contribution in [1.29, 1.82) is 0 Å². The van der Waals surface area contributed by atoms with E-state index in [0.717, 1.165) is 19.6 Å². The molecule has 2 unspecified atom stereocenters. The molecule has 0 aliphatic carbocycles. The molecule has 0 saturated carbocycles. The molecule has 1 aliphatic rings. The van der Waals surface area contributed by atoms with Gasteiger partial charge in [-0.05, 0) is 66.6 Å². The van der Waals surface area contributed by atoms with Crippen LogP contribution in [-0.4, -0.2) is 49.1 Å². The summed E-state index contributed by atoms with van der Waals surface area (Å²) in [7, 11) is 1.99. The Morgan fingerprint density at radius 3 is 2.58 bits per heavy atom. The number of nitrogens with zero attached hydrogens (tertiary/aromatic N) is 1. The van der Waals surface area contributed by atoms with E-state index < -0.39 is 0 Å². The van der Waals surface area contributed by atoms with Crippen molar-refractivity contribution in [2.75, 3.05) is 26.7 Å². The van der Waals surface area contributed by atoms with Gasteiger partial charge in [0.05, 0.1) is 6.04 Å². The van der Waals surface area contributed by atoms with Crippen LogP contribution in [0, 0.1) is 5.92 Å². The minimum atomic E-state index is -0.147. The summed E-state index contributed by atoms with van der Waals surface area (Å²) in [4.78, 5) is 14.5. The maximum absolute atomic E-state index is 12.2. The van der Waals surface area contributed by atoms with E-state index in [2.05, 4.69) is 15.5 Å². The molecule has 0 aromatic rings. The summed E-state index contributed by atoms with van der Waals surface area (Å²) in [5.74, 6) is 0.821. The van der Waals surface area contributed by atoms with E-state index >= 15 is 0 Å². The van der Waals surface area contributed by atoms with E-state index in [0.29, 0.717) is 5.92 Å². The highest BCUT2D eigenvalue weighted by atomic mass is 35.5. The maximum atomic E-state index is 12.2. The van der Waals surface area contributed by atoms with Gasteiger partial charge in [0.2, 0.25) is 5.91 Å². The number of amides is 1. The lowest BCUT2D eigenvalue weighted by atomic mass is 9.96. The zero-order chi connectivity index (χ0) is 13.8. The van der Waals surface area contributed by atoms with Crippen molar-refractivity contribution < 1.29 is 4.79 Å². The number of piperidine rings is 1. The Kier molecular flexibility index (Phi) is 7.94. The van der Waals surface area contributed by atoms with Gasteiger partial charge in [0.1, 0.15) is 0 Å². The first-order valence-electron chi connectivity index (χ1n) is 7.04. The van der Waals surface area contributed by atoms with Crippen molar-refractivity contribution in [3.05, 3.63) is 0 Å². The van der Waals surface area contributed by atoms with Gasteiger partial charge in [0, 0.05) is 12.1 Å². The Morgan fingerprint density at radius 2 is 2.05 bits per heavy atom. The molecular weight excluding hydrogens is 262 g/mol. The minimum absolute atomic E-state index is 0. The highest BCUT2D eigenvalue weighted by Gasteiger charge is 2.28. The van der Waals surface area contributed by atoms with Crippen molar-refractivity contribution >= 4 is 18.3 Å². The SMILES string of the molecule is CNCC1CCCN(C(C)C(=O)NC(C)(C)C)C1.Cl. The Morgan fingerprint density at radius 1 is 1.42 bits per heavy atom. The van der Waals surface area contributed by atoms with Crippen LogP contribution in [0.15, 0.2) is 0 Å². The molecule has 1 fully saturated rings. The summed E-state index contributed by atoms with van der Waals surface area (Å²) >= 11 is 0. The third-order valence-electron chi connectivity index (χ3n) is 3.47. The van der Waals surface area contributed by atoms with Gasteiger partial charge in [-0.15, -0.1) is 12.4 Å². The number of hydrogen-bond acceptors (Lipinski definition) is 3. The monoisotopic (exact) mass is 291 g/mol. The van der Waals surface area contributed by atoms with Crippen LogP contribution < -0.4 is 10.6 Å². The van der Waals surface area contributed by atoms with E-state index in [9.17, 15) is 4.79 Å². The van der Waals surface area contributed by atoms with Crippen molar-refractivity contribution in [2.45, 2.75) is 52.1 Å². The van der Waals surface area contributed by atoms with Gasteiger partial charge in [0.25, 0.3) is 0 Å². The molecule has 1 amide bonds. The Hall–Kier alpha value is -0.320.